The van der Waals surface area contributed by atoms with Gasteiger partial charge in [-0.2, -0.15) is 0 Å². The van der Waals surface area contributed by atoms with Gasteiger partial charge >= 0.3 is 0 Å². The number of carbonyl (C=O) groups excluding carboxylic acids is 1. The van der Waals surface area contributed by atoms with Crippen LogP contribution < -0.4 is 11.1 Å². The fourth-order valence-electron chi connectivity index (χ4n) is 1.75. The predicted octanol–water partition coefficient (Wildman–Crippen LogP) is 3.31. The van der Waals surface area contributed by atoms with Gasteiger partial charge < -0.3 is 11.1 Å². The average Bonchev–Trinajstić information content (AvgIpc) is 2.87. The first kappa shape index (κ1) is 16.0. The summed E-state index contributed by atoms with van der Waals surface area (Å²) in [4.78, 5) is 13.1. The molecular formula is C13H13BrN4OS2. The summed E-state index contributed by atoms with van der Waals surface area (Å²) < 4.78 is 4.68. The number of rotatable bonds is 4. The van der Waals surface area contributed by atoms with Crippen molar-refractivity contribution in [3.63, 3.8) is 0 Å². The van der Waals surface area contributed by atoms with Crippen molar-refractivity contribution in [1.29, 1.82) is 0 Å². The largest absolute Gasteiger partial charge is 0.389 e. The molecule has 0 spiro atoms. The molecule has 0 bridgehead atoms. The minimum atomic E-state index is -0.260. The van der Waals surface area contributed by atoms with Gasteiger partial charge in [0.2, 0.25) is 0 Å². The van der Waals surface area contributed by atoms with Gasteiger partial charge in [-0.15, -0.1) is 5.10 Å². The van der Waals surface area contributed by atoms with Gasteiger partial charge in [0.05, 0.1) is 11.4 Å². The first-order valence-electron chi connectivity index (χ1n) is 6.13. The summed E-state index contributed by atoms with van der Waals surface area (Å²) in [5.74, 6) is -0.133. The molecule has 8 heteroatoms. The summed E-state index contributed by atoms with van der Waals surface area (Å²) in [6.45, 7) is 3.93. The molecule has 1 aromatic heterocycles. The van der Waals surface area contributed by atoms with Gasteiger partial charge in [-0.05, 0) is 35.6 Å². The Kier molecular flexibility index (Phi) is 5.02. The highest BCUT2D eigenvalue weighted by molar-refractivity contribution is 9.10. The molecule has 0 saturated heterocycles. The summed E-state index contributed by atoms with van der Waals surface area (Å²) >= 11 is 9.44. The Balaban J connectivity index is 2.33. The molecule has 0 radical (unpaired) electrons. The second kappa shape index (κ2) is 6.59. The predicted molar refractivity (Wildman–Crippen MR) is 92.0 cm³/mol. The zero-order valence-electron chi connectivity index (χ0n) is 11.4. The van der Waals surface area contributed by atoms with Crippen LogP contribution in [0.15, 0.2) is 22.7 Å². The van der Waals surface area contributed by atoms with Crippen molar-refractivity contribution in [2.24, 2.45) is 5.73 Å². The first-order valence-corrected chi connectivity index (χ1v) is 8.10. The highest BCUT2D eigenvalue weighted by atomic mass is 79.9. The van der Waals surface area contributed by atoms with Crippen molar-refractivity contribution in [3.8, 4) is 0 Å². The Morgan fingerprint density at radius 1 is 1.48 bits per heavy atom. The van der Waals surface area contributed by atoms with Gasteiger partial charge in [-0.3, -0.25) is 4.79 Å². The van der Waals surface area contributed by atoms with Gasteiger partial charge in [0, 0.05) is 10.0 Å². The summed E-state index contributed by atoms with van der Waals surface area (Å²) in [5, 5.41) is 6.83. The third kappa shape index (κ3) is 3.63. The van der Waals surface area contributed by atoms with E-state index in [1.165, 1.54) is 0 Å². The van der Waals surface area contributed by atoms with Crippen molar-refractivity contribution in [2.45, 2.75) is 19.8 Å². The molecule has 0 saturated carbocycles. The number of nitrogens with two attached hydrogens (primary N) is 1. The molecule has 2 aromatic rings. The fourth-order valence-corrected chi connectivity index (χ4v) is 3.00. The van der Waals surface area contributed by atoms with Crippen molar-refractivity contribution < 1.29 is 4.79 Å². The molecule has 1 aromatic carbocycles. The Bertz CT molecular complexity index is 699. The molecule has 21 heavy (non-hydrogen) atoms. The lowest BCUT2D eigenvalue weighted by molar-refractivity contribution is 0.102. The number of amides is 1. The average molecular weight is 385 g/mol. The smallest absolute Gasteiger partial charge is 0.269 e. The van der Waals surface area contributed by atoms with Crippen molar-refractivity contribution in [2.75, 3.05) is 5.32 Å². The number of hydrogen-bond donors (Lipinski definition) is 2. The summed E-state index contributed by atoms with van der Waals surface area (Å²) in [6, 6.07) is 5.34. The van der Waals surface area contributed by atoms with Crippen LogP contribution in [-0.2, 0) is 0 Å². The van der Waals surface area contributed by atoms with Crippen LogP contribution in [-0.4, -0.2) is 20.5 Å². The van der Waals surface area contributed by atoms with Crippen LogP contribution in [0.2, 0.25) is 0 Å². The minimum Gasteiger partial charge on any atom is -0.389 e. The van der Waals surface area contributed by atoms with E-state index in [4.69, 9.17) is 18.0 Å². The third-order valence-electron chi connectivity index (χ3n) is 2.76. The van der Waals surface area contributed by atoms with Gasteiger partial charge in [0.25, 0.3) is 5.91 Å². The lowest BCUT2D eigenvalue weighted by Crippen LogP contribution is -2.18. The number of anilines is 1. The number of thiocarbonyl (C=S) groups is 1. The number of benzene rings is 1. The molecule has 0 aliphatic carbocycles. The van der Waals surface area contributed by atoms with Crippen LogP contribution in [0.3, 0.4) is 0 Å². The Labute approximate surface area is 140 Å². The van der Waals surface area contributed by atoms with Crippen LogP contribution in [0.1, 0.15) is 40.7 Å². The maximum absolute atomic E-state index is 12.4. The molecule has 2 rings (SSSR count). The first-order chi connectivity index (χ1) is 9.90. The number of aromatic nitrogens is 2. The Morgan fingerprint density at radius 3 is 2.81 bits per heavy atom. The van der Waals surface area contributed by atoms with Crippen LogP contribution in [0.5, 0.6) is 0 Å². The van der Waals surface area contributed by atoms with E-state index in [1.54, 1.807) is 12.1 Å². The molecule has 0 unspecified atom stereocenters. The van der Waals surface area contributed by atoms with Crippen LogP contribution >= 0.6 is 39.7 Å². The van der Waals surface area contributed by atoms with E-state index in [9.17, 15) is 4.79 Å². The number of hydrogen-bond acceptors (Lipinski definition) is 5. The zero-order chi connectivity index (χ0) is 15.6. The molecule has 0 fully saturated rings. The minimum absolute atomic E-state index is 0.127. The number of nitrogens with one attached hydrogen (secondary N) is 1. The fraction of sp³-hybridized carbons (Fsp3) is 0.231. The second-order valence-corrected chi connectivity index (χ2v) is 6.76. The normalized spacial score (nSPS) is 10.7. The van der Waals surface area contributed by atoms with E-state index >= 15 is 0 Å². The molecule has 0 atom stereocenters. The number of halogens is 1. The van der Waals surface area contributed by atoms with E-state index in [0.717, 1.165) is 16.0 Å². The Hall–Kier alpha value is -1.38. The van der Waals surface area contributed by atoms with Gasteiger partial charge in [0.15, 0.2) is 0 Å². The van der Waals surface area contributed by atoms with E-state index in [0.29, 0.717) is 21.8 Å². The van der Waals surface area contributed by atoms with Crippen molar-refractivity contribution >= 4 is 56.3 Å². The van der Waals surface area contributed by atoms with E-state index < -0.39 is 0 Å². The van der Waals surface area contributed by atoms with E-state index in [-0.39, 0.29) is 16.8 Å². The monoisotopic (exact) mass is 384 g/mol. The van der Waals surface area contributed by atoms with E-state index in [1.807, 2.05) is 19.9 Å². The van der Waals surface area contributed by atoms with Gasteiger partial charge in [0.1, 0.15) is 9.87 Å². The SMILES string of the molecule is CC(C)c1nnsc1C(=O)Nc1cc(Br)ccc1C(N)=S. The van der Waals surface area contributed by atoms with Crippen molar-refractivity contribution in [3.05, 3.63) is 38.8 Å². The van der Waals surface area contributed by atoms with Crippen LogP contribution in [0.25, 0.3) is 0 Å². The topological polar surface area (TPSA) is 80.9 Å². The maximum Gasteiger partial charge on any atom is 0.269 e. The highest BCUT2D eigenvalue weighted by Gasteiger charge is 2.20. The molecule has 110 valence electrons. The van der Waals surface area contributed by atoms with Crippen LogP contribution in [0.4, 0.5) is 5.69 Å². The molecule has 3 N–H and O–H groups in total. The number of nitrogens with zero attached hydrogens (tertiary/aromatic N) is 2. The molecule has 0 aliphatic rings. The summed E-state index contributed by atoms with van der Waals surface area (Å²) in [6.07, 6.45) is 0. The maximum atomic E-state index is 12.4. The van der Waals surface area contributed by atoms with Crippen LogP contribution in [0, 0.1) is 0 Å². The highest BCUT2D eigenvalue weighted by Crippen LogP contribution is 2.25. The van der Waals surface area contributed by atoms with E-state index in [2.05, 4.69) is 30.8 Å². The van der Waals surface area contributed by atoms with Gasteiger partial charge in [-0.25, -0.2) is 0 Å². The molecular weight excluding hydrogens is 372 g/mol. The standard InChI is InChI=1S/C13H13BrN4OS2/c1-6(2)10-11(21-18-17-10)13(19)16-9-5-7(14)3-4-8(9)12(15)20/h3-6H,1-2H3,(H2,15,20)(H,16,19). The number of carbonyl (C=O) groups is 1. The Morgan fingerprint density at radius 2 is 2.19 bits per heavy atom. The molecule has 1 heterocycles. The van der Waals surface area contributed by atoms with Crippen molar-refractivity contribution in [1.82, 2.24) is 9.59 Å². The lowest BCUT2D eigenvalue weighted by Gasteiger charge is -2.11. The quantitative estimate of drug-likeness (QED) is 0.790. The summed E-state index contributed by atoms with van der Waals surface area (Å²) in [5.41, 5.74) is 7.54. The lowest BCUT2D eigenvalue weighted by atomic mass is 10.1. The second-order valence-electron chi connectivity index (χ2n) is 4.65. The zero-order valence-corrected chi connectivity index (χ0v) is 14.6. The molecule has 1 amide bonds. The third-order valence-corrected chi connectivity index (χ3v) is 4.22. The summed E-state index contributed by atoms with van der Waals surface area (Å²) in [7, 11) is 0. The van der Waals surface area contributed by atoms with Gasteiger partial charge in [-0.1, -0.05) is 46.5 Å². The molecule has 5 nitrogen and oxygen atoms in total. The molecule has 0 aliphatic heterocycles.